The number of nitrogens with zero attached hydrogens (tertiary/aromatic N) is 3. The summed E-state index contributed by atoms with van der Waals surface area (Å²) in [5.74, 6) is -1.02. The molecule has 3 aromatic carbocycles. The van der Waals surface area contributed by atoms with Crippen LogP contribution in [0.5, 0.6) is 0 Å². The molecule has 0 unspecified atom stereocenters. The molecule has 0 aromatic heterocycles. The number of rotatable bonds is 8. The van der Waals surface area contributed by atoms with Crippen LogP contribution in [0.3, 0.4) is 0 Å². The molecular formula is C34H35N3O5. The number of fused-ring (bicyclic) bond motifs is 2. The fourth-order valence-electron chi connectivity index (χ4n) is 6.28. The second-order valence-electron chi connectivity index (χ2n) is 11.4. The quantitative estimate of drug-likeness (QED) is 0.321. The number of benzene rings is 3. The van der Waals surface area contributed by atoms with Crippen LogP contribution in [0.1, 0.15) is 42.0 Å². The Hall–Kier alpha value is -4.27. The van der Waals surface area contributed by atoms with E-state index in [2.05, 4.69) is 0 Å². The van der Waals surface area contributed by atoms with Crippen molar-refractivity contribution >= 4 is 29.1 Å². The van der Waals surface area contributed by atoms with E-state index >= 15 is 0 Å². The maximum Gasteiger partial charge on any atom is 0.264 e. The van der Waals surface area contributed by atoms with Crippen LogP contribution < -0.4 is 9.80 Å². The molecule has 8 nitrogen and oxygen atoms in total. The first-order valence-corrected chi connectivity index (χ1v) is 14.5. The van der Waals surface area contributed by atoms with Gasteiger partial charge in [-0.2, -0.15) is 0 Å². The Kier molecular flexibility index (Phi) is 7.43. The van der Waals surface area contributed by atoms with Gasteiger partial charge < -0.3 is 24.9 Å². The maximum atomic E-state index is 13.8. The number of aliphatic hydroxyl groups excluding tert-OH is 1. The van der Waals surface area contributed by atoms with Gasteiger partial charge in [0.25, 0.3) is 5.91 Å². The van der Waals surface area contributed by atoms with Gasteiger partial charge in [0.2, 0.25) is 11.8 Å². The number of para-hydroxylation sites is 1. The number of β-lactam (4-membered cyclic amide) rings is 1. The monoisotopic (exact) mass is 565 g/mol. The molecule has 3 aliphatic heterocycles. The maximum absolute atomic E-state index is 13.8. The zero-order valence-corrected chi connectivity index (χ0v) is 23.6. The molecule has 3 aliphatic rings. The van der Waals surface area contributed by atoms with Crippen molar-refractivity contribution in [3.8, 4) is 0 Å². The van der Waals surface area contributed by atoms with Crippen molar-refractivity contribution in [3.05, 3.63) is 107 Å². The molecule has 0 radical (unpaired) electrons. The standard InChI is InChI=1S/C34H35N3O5/c1-23(7-6-12-31(39)36-21-26-9-3-2-8-25(26)19-28(36)22-38)34(42)29-10-4-5-11-30(29)37(33(34)41)20-24-13-15-27(16-14-24)35-18-17-32(35)40/h2-11,13-16,23,28,38,42H,12,17-22H2,1H3/b7-6+/t23-,28-,34+/m0/s1. The van der Waals surface area contributed by atoms with Gasteiger partial charge in [0, 0.05) is 43.1 Å². The summed E-state index contributed by atoms with van der Waals surface area (Å²) >= 11 is 0. The smallest absolute Gasteiger partial charge is 0.264 e. The van der Waals surface area contributed by atoms with Crippen LogP contribution >= 0.6 is 0 Å². The lowest BCUT2D eigenvalue weighted by Gasteiger charge is -2.36. The third-order valence-corrected chi connectivity index (χ3v) is 8.88. The predicted molar refractivity (Wildman–Crippen MR) is 159 cm³/mol. The molecule has 42 heavy (non-hydrogen) atoms. The average molecular weight is 566 g/mol. The van der Waals surface area contributed by atoms with Crippen LogP contribution in [0.15, 0.2) is 84.9 Å². The number of carbonyl (C=O) groups excluding carboxylic acids is 3. The van der Waals surface area contributed by atoms with Gasteiger partial charge in [0.15, 0.2) is 5.60 Å². The Labute approximate surface area is 245 Å². The SMILES string of the molecule is C[C@@H](/C=C/CC(=O)N1Cc2ccccc2C[C@H]1CO)[C@]1(O)C(=O)N(Cc2ccc(N3CCC3=O)cc2)c2ccccc21. The lowest BCUT2D eigenvalue weighted by atomic mass is 9.83. The Morgan fingerprint density at radius 3 is 2.43 bits per heavy atom. The van der Waals surface area contributed by atoms with Crippen molar-refractivity contribution in [2.75, 3.05) is 23.0 Å². The highest BCUT2D eigenvalue weighted by atomic mass is 16.3. The van der Waals surface area contributed by atoms with E-state index in [9.17, 15) is 24.6 Å². The highest BCUT2D eigenvalue weighted by molar-refractivity contribution is 6.07. The lowest BCUT2D eigenvalue weighted by molar-refractivity contribution is -0.139. The number of carbonyl (C=O) groups is 3. The number of hydrogen-bond acceptors (Lipinski definition) is 5. The molecule has 3 amide bonds. The Bertz CT molecular complexity index is 1550. The molecule has 2 N–H and O–H groups in total. The van der Waals surface area contributed by atoms with Crippen LogP contribution in [0, 0.1) is 5.92 Å². The van der Waals surface area contributed by atoms with Gasteiger partial charge in [0.05, 0.1) is 24.9 Å². The fourth-order valence-corrected chi connectivity index (χ4v) is 6.28. The minimum absolute atomic E-state index is 0.102. The number of aliphatic hydroxyl groups is 2. The van der Waals surface area contributed by atoms with Crippen LogP contribution in [-0.2, 0) is 39.5 Å². The zero-order chi connectivity index (χ0) is 29.4. The van der Waals surface area contributed by atoms with Crippen molar-refractivity contribution in [2.24, 2.45) is 5.92 Å². The molecular weight excluding hydrogens is 530 g/mol. The summed E-state index contributed by atoms with van der Waals surface area (Å²) in [4.78, 5) is 43.9. The Morgan fingerprint density at radius 2 is 1.74 bits per heavy atom. The number of anilines is 2. The van der Waals surface area contributed by atoms with E-state index in [1.807, 2.05) is 66.7 Å². The van der Waals surface area contributed by atoms with E-state index in [0.29, 0.717) is 37.2 Å². The Morgan fingerprint density at radius 1 is 1.02 bits per heavy atom. The highest BCUT2D eigenvalue weighted by Crippen LogP contribution is 2.45. The second kappa shape index (κ2) is 11.2. The van der Waals surface area contributed by atoms with Crippen LogP contribution in [0.25, 0.3) is 0 Å². The third kappa shape index (κ3) is 4.80. The molecule has 1 fully saturated rings. The second-order valence-corrected chi connectivity index (χ2v) is 11.4. The molecule has 3 heterocycles. The molecule has 8 heteroatoms. The van der Waals surface area contributed by atoms with Gasteiger partial charge >= 0.3 is 0 Å². The summed E-state index contributed by atoms with van der Waals surface area (Å²) in [6.45, 7) is 3.12. The minimum atomic E-state index is -1.78. The minimum Gasteiger partial charge on any atom is -0.394 e. The summed E-state index contributed by atoms with van der Waals surface area (Å²) in [6.07, 6.45) is 4.73. The molecule has 0 aliphatic carbocycles. The van der Waals surface area contributed by atoms with Gasteiger partial charge in [-0.25, -0.2) is 0 Å². The topological polar surface area (TPSA) is 101 Å². The van der Waals surface area contributed by atoms with Crippen LogP contribution in [0.2, 0.25) is 0 Å². The van der Waals surface area contributed by atoms with Crippen molar-refractivity contribution in [2.45, 2.75) is 50.9 Å². The van der Waals surface area contributed by atoms with E-state index in [1.165, 1.54) is 0 Å². The average Bonchev–Trinajstić information content (AvgIpc) is 3.23. The molecule has 3 aromatic rings. The molecule has 0 spiro atoms. The van der Waals surface area contributed by atoms with Crippen molar-refractivity contribution in [1.29, 1.82) is 0 Å². The zero-order valence-electron chi connectivity index (χ0n) is 23.6. The van der Waals surface area contributed by atoms with Crippen LogP contribution in [-0.4, -0.2) is 52.0 Å². The van der Waals surface area contributed by atoms with Gasteiger partial charge in [-0.3, -0.25) is 14.4 Å². The van der Waals surface area contributed by atoms with Crippen molar-refractivity contribution in [1.82, 2.24) is 4.90 Å². The fraction of sp³-hybridized carbons (Fsp3) is 0.324. The largest absolute Gasteiger partial charge is 0.394 e. The molecule has 0 bridgehead atoms. The predicted octanol–water partition coefficient (Wildman–Crippen LogP) is 3.69. The summed E-state index contributed by atoms with van der Waals surface area (Å²) in [5, 5.41) is 21.8. The Balaban J connectivity index is 1.16. The molecule has 3 atom stereocenters. The molecule has 0 saturated carbocycles. The summed E-state index contributed by atoms with van der Waals surface area (Å²) < 4.78 is 0. The third-order valence-electron chi connectivity index (χ3n) is 8.88. The summed E-state index contributed by atoms with van der Waals surface area (Å²) in [5.41, 5.74) is 3.37. The lowest BCUT2D eigenvalue weighted by Crippen LogP contribution is -2.46. The molecule has 1 saturated heterocycles. The first-order chi connectivity index (χ1) is 20.3. The van der Waals surface area contributed by atoms with E-state index in [4.69, 9.17) is 0 Å². The number of amides is 3. The van der Waals surface area contributed by atoms with Gasteiger partial charge in [-0.15, -0.1) is 0 Å². The summed E-state index contributed by atoms with van der Waals surface area (Å²) in [6, 6.07) is 22.5. The van der Waals surface area contributed by atoms with Crippen molar-refractivity contribution < 1.29 is 24.6 Å². The number of hydrogen-bond donors (Lipinski definition) is 2. The highest BCUT2D eigenvalue weighted by Gasteiger charge is 2.52. The van der Waals surface area contributed by atoms with Gasteiger partial charge in [0.1, 0.15) is 0 Å². The molecule has 6 rings (SSSR count). The van der Waals surface area contributed by atoms with E-state index < -0.39 is 17.4 Å². The normalized spacial score (nSPS) is 22.3. The molecule has 216 valence electrons. The van der Waals surface area contributed by atoms with E-state index in [-0.39, 0.29) is 37.4 Å². The van der Waals surface area contributed by atoms with E-state index in [0.717, 1.165) is 22.4 Å². The first kappa shape index (κ1) is 27.9. The van der Waals surface area contributed by atoms with Gasteiger partial charge in [-0.1, -0.05) is 73.7 Å². The van der Waals surface area contributed by atoms with E-state index in [1.54, 1.807) is 39.8 Å². The van der Waals surface area contributed by atoms with Crippen LogP contribution in [0.4, 0.5) is 11.4 Å². The van der Waals surface area contributed by atoms with Gasteiger partial charge in [-0.05, 0) is 41.3 Å². The first-order valence-electron chi connectivity index (χ1n) is 14.5. The van der Waals surface area contributed by atoms with Crippen molar-refractivity contribution in [3.63, 3.8) is 0 Å². The summed E-state index contributed by atoms with van der Waals surface area (Å²) in [7, 11) is 0.